The lowest BCUT2D eigenvalue weighted by molar-refractivity contribution is -0.111. The lowest BCUT2D eigenvalue weighted by atomic mass is 9.96. The zero-order valence-corrected chi connectivity index (χ0v) is 20.4. The summed E-state index contributed by atoms with van der Waals surface area (Å²) in [6.07, 6.45) is 1.41. The number of aryl methyl sites for hydroxylation is 1. The van der Waals surface area contributed by atoms with Crippen molar-refractivity contribution in [3.8, 4) is 5.75 Å². The fraction of sp³-hybridized carbons (Fsp3) is 0.154. The van der Waals surface area contributed by atoms with Crippen LogP contribution in [0.2, 0.25) is 0 Å². The van der Waals surface area contributed by atoms with Crippen LogP contribution in [0.4, 0.5) is 21.9 Å². The zero-order valence-electron chi connectivity index (χ0n) is 18.8. The second kappa shape index (κ2) is 11.4. The molecule has 0 heterocycles. The van der Waals surface area contributed by atoms with Gasteiger partial charge in [-0.3, -0.25) is 10.1 Å². The summed E-state index contributed by atoms with van der Waals surface area (Å²) < 4.78 is 6.41. The Labute approximate surface area is 206 Å². The summed E-state index contributed by atoms with van der Waals surface area (Å²) in [5.74, 6) is -0.869. The number of nitrogens with two attached hydrogens (primary N) is 1. The molecule has 0 bridgehead atoms. The van der Waals surface area contributed by atoms with E-state index in [4.69, 9.17) is 10.5 Å². The Morgan fingerprint density at radius 1 is 1.06 bits per heavy atom. The van der Waals surface area contributed by atoms with E-state index in [1.54, 1.807) is 61.5 Å². The molecule has 3 rings (SSSR count). The van der Waals surface area contributed by atoms with Crippen LogP contribution in [0.1, 0.15) is 24.2 Å². The number of ether oxygens (including phenoxy) is 1. The van der Waals surface area contributed by atoms with E-state index in [-0.39, 0.29) is 11.7 Å². The fourth-order valence-electron chi connectivity index (χ4n) is 3.23. The lowest BCUT2D eigenvalue weighted by Gasteiger charge is -2.24. The first kappa shape index (κ1) is 24.9. The van der Waals surface area contributed by atoms with Crippen LogP contribution in [0.15, 0.2) is 83.4 Å². The summed E-state index contributed by atoms with van der Waals surface area (Å²) in [7, 11) is 0. The molecule has 5 N–H and O–H groups in total. The van der Waals surface area contributed by atoms with Gasteiger partial charge in [0.05, 0.1) is 11.4 Å². The van der Waals surface area contributed by atoms with Crippen LogP contribution in [0, 0.1) is 12.8 Å². The number of carbonyl (C=O) groups excluding carboxylic acids is 2. The normalized spacial score (nSPS) is 12.7. The van der Waals surface area contributed by atoms with Crippen molar-refractivity contribution in [3.05, 3.63) is 94.5 Å². The number of amides is 2. The predicted octanol–water partition coefficient (Wildman–Crippen LogP) is 6.17. The number of anilines is 3. The third kappa shape index (κ3) is 6.86. The van der Waals surface area contributed by atoms with Crippen LogP contribution in [-0.2, 0) is 9.53 Å². The van der Waals surface area contributed by atoms with Crippen molar-refractivity contribution in [3.63, 3.8) is 0 Å². The van der Waals surface area contributed by atoms with Gasteiger partial charge in [0.2, 0.25) is 5.91 Å². The number of nitrogen functional groups attached to an aromatic ring is 1. The van der Waals surface area contributed by atoms with Gasteiger partial charge >= 0.3 is 6.09 Å². The Hall–Kier alpha value is -3.78. The van der Waals surface area contributed by atoms with Crippen LogP contribution in [0.25, 0.3) is 0 Å². The number of halogens is 1. The van der Waals surface area contributed by atoms with Gasteiger partial charge in [-0.15, -0.1) is 0 Å². The maximum atomic E-state index is 12.7. The van der Waals surface area contributed by atoms with E-state index >= 15 is 0 Å². The molecule has 0 fully saturated rings. The number of hydrogen-bond donors (Lipinski definition) is 4. The molecule has 0 unspecified atom stereocenters. The van der Waals surface area contributed by atoms with E-state index < -0.39 is 18.1 Å². The molecule has 0 aliphatic heterocycles. The van der Waals surface area contributed by atoms with E-state index in [0.717, 1.165) is 5.56 Å². The summed E-state index contributed by atoms with van der Waals surface area (Å²) in [6.45, 7) is 3.73. The summed E-state index contributed by atoms with van der Waals surface area (Å²) in [6, 6.07) is 19.1. The van der Waals surface area contributed by atoms with Gasteiger partial charge in [0.25, 0.3) is 0 Å². The molecule has 8 heteroatoms. The predicted molar refractivity (Wildman–Crippen MR) is 138 cm³/mol. The van der Waals surface area contributed by atoms with Gasteiger partial charge in [0.15, 0.2) is 0 Å². The van der Waals surface area contributed by atoms with Crippen molar-refractivity contribution < 1.29 is 19.4 Å². The zero-order chi connectivity index (χ0) is 24.7. The van der Waals surface area contributed by atoms with Crippen molar-refractivity contribution in [1.29, 1.82) is 0 Å². The first-order chi connectivity index (χ1) is 16.2. The molecule has 0 spiro atoms. The quantitative estimate of drug-likeness (QED) is 0.218. The minimum absolute atomic E-state index is 0.0295. The van der Waals surface area contributed by atoms with Crippen LogP contribution >= 0.6 is 15.9 Å². The Kier molecular flexibility index (Phi) is 8.32. The Morgan fingerprint density at radius 2 is 1.76 bits per heavy atom. The number of phenols is 1. The minimum Gasteiger partial charge on any atom is -0.508 e. The Morgan fingerprint density at radius 3 is 2.47 bits per heavy atom. The molecule has 3 aromatic carbocycles. The average Bonchev–Trinajstić information content (AvgIpc) is 2.80. The van der Waals surface area contributed by atoms with Crippen molar-refractivity contribution in [2.24, 2.45) is 5.92 Å². The third-order valence-corrected chi connectivity index (χ3v) is 5.57. The first-order valence-electron chi connectivity index (χ1n) is 10.6. The monoisotopic (exact) mass is 523 g/mol. The van der Waals surface area contributed by atoms with Gasteiger partial charge in [0, 0.05) is 21.6 Å². The molecule has 0 aromatic heterocycles. The first-order valence-corrected chi connectivity index (χ1v) is 11.4. The van der Waals surface area contributed by atoms with Gasteiger partial charge in [-0.2, -0.15) is 0 Å². The summed E-state index contributed by atoms with van der Waals surface area (Å²) in [5, 5.41) is 15.8. The smallest absolute Gasteiger partial charge is 0.412 e. The molecule has 7 nitrogen and oxygen atoms in total. The van der Waals surface area contributed by atoms with Crippen molar-refractivity contribution in [2.75, 3.05) is 16.4 Å². The molecule has 0 aliphatic rings. The van der Waals surface area contributed by atoms with Gasteiger partial charge in [0.1, 0.15) is 11.9 Å². The van der Waals surface area contributed by atoms with E-state index in [1.165, 1.54) is 12.1 Å². The maximum absolute atomic E-state index is 12.7. The highest BCUT2D eigenvalue weighted by Crippen LogP contribution is 2.35. The van der Waals surface area contributed by atoms with Gasteiger partial charge in [-0.05, 0) is 55.5 Å². The number of carbonyl (C=O) groups is 2. The Bertz CT molecular complexity index is 1190. The molecule has 34 heavy (non-hydrogen) atoms. The molecular formula is C26H26BrN3O4. The van der Waals surface area contributed by atoms with Crippen molar-refractivity contribution in [2.45, 2.75) is 20.0 Å². The molecule has 0 saturated carbocycles. The molecule has 0 saturated heterocycles. The molecule has 2 atom stereocenters. The second-order valence-electron chi connectivity index (χ2n) is 7.81. The standard InChI is InChI=1S/C26H26BrN3O4/c1-16-7-11-19(12-8-16)29-26(33)34-25(20-15-18(27)10-13-23(20)31)17(2)9-14-24(32)30-22-6-4-3-5-21(22)28/h3-15,17,25,31H,28H2,1-2H3,(H,29,33)(H,30,32)/b14-9+/t17-,25-/m0/s1. The summed E-state index contributed by atoms with van der Waals surface area (Å²) in [5.41, 5.74) is 8.86. The fourth-order valence-corrected chi connectivity index (χ4v) is 3.61. The van der Waals surface area contributed by atoms with Gasteiger partial charge in [-0.1, -0.05) is 58.8 Å². The highest BCUT2D eigenvalue weighted by molar-refractivity contribution is 9.10. The highest BCUT2D eigenvalue weighted by Gasteiger charge is 2.25. The molecule has 176 valence electrons. The number of phenolic OH excluding ortho intramolecular Hbond substituents is 1. The molecule has 2 amide bonds. The van der Waals surface area contributed by atoms with Crippen LogP contribution in [0.3, 0.4) is 0 Å². The van der Waals surface area contributed by atoms with E-state index in [1.807, 2.05) is 19.1 Å². The third-order valence-electron chi connectivity index (χ3n) is 5.08. The summed E-state index contributed by atoms with van der Waals surface area (Å²) in [4.78, 5) is 25.1. The minimum atomic E-state index is -0.867. The number of aromatic hydroxyl groups is 1. The van der Waals surface area contributed by atoms with Crippen LogP contribution < -0.4 is 16.4 Å². The topological polar surface area (TPSA) is 114 Å². The lowest BCUT2D eigenvalue weighted by Crippen LogP contribution is -2.21. The molecule has 3 aromatic rings. The number of para-hydroxylation sites is 2. The van der Waals surface area contributed by atoms with E-state index in [2.05, 4.69) is 26.6 Å². The number of benzene rings is 3. The number of rotatable bonds is 7. The van der Waals surface area contributed by atoms with Crippen molar-refractivity contribution >= 4 is 45.0 Å². The second-order valence-corrected chi connectivity index (χ2v) is 8.73. The van der Waals surface area contributed by atoms with Crippen LogP contribution in [-0.4, -0.2) is 17.1 Å². The largest absolute Gasteiger partial charge is 0.508 e. The van der Waals surface area contributed by atoms with Gasteiger partial charge in [-0.25, -0.2) is 4.79 Å². The average molecular weight is 524 g/mol. The van der Waals surface area contributed by atoms with Crippen LogP contribution in [0.5, 0.6) is 5.75 Å². The SMILES string of the molecule is Cc1ccc(NC(=O)O[C@H](c2cc(Br)ccc2O)[C@@H](C)/C=C/C(=O)Nc2ccccc2N)cc1. The van der Waals surface area contributed by atoms with E-state index in [0.29, 0.717) is 27.1 Å². The number of nitrogens with one attached hydrogen (secondary N) is 2. The molecule has 0 aliphatic carbocycles. The molecule has 0 radical (unpaired) electrons. The highest BCUT2D eigenvalue weighted by atomic mass is 79.9. The number of hydrogen-bond acceptors (Lipinski definition) is 5. The van der Waals surface area contributed by atoms with Gasteiger partial charge < -0.3 is 20.9 Å². The van der Waals surface area contributed by atoms with E-state index in [9.17, 15) is 14.7 Å². The maximum Gasteiger partial charge on any atom is 0.412 e. The Balaban J connectivity index is 1.78. The summed E-state index contributed by atoms with van der Waals surface area (Å²) >= 11 is 3.39. The van der Waals surface area contributed by atoms with Crippen molar-refractivity contribution in [1.82, 2.24) is 0 Å². The molecular weight excluding hydrogens is 498 g/mol.